The van der Waals surface area contributed by atoms with Crippen molar-refractivity contribution in [2.45, 2.75) is 5.92 Å². The van der Waals surface area contributed by atoms with Crippen molar-refractivity contribution in [2.24, 2.45) is 5.16 Å². The van der Waals surface area contributed by atoms with E-state index in [0.717, 1.165) is 21.3 Å². The third-order valence-corrected chi connectivity index (χ3v) is 3.91. The molecule has 106 valence electrons. The molecule has 0 spiro atoms. The molecule has 0 radical (unpaired) electrons. The van der Waals surface area contributed by atoms with E-state index in [0.29, 0.717) is 6.61 Å². The summed E-state index contributed by atoms with van der Waals surface area (Å²) in [7, 11) is 0. The Morgan fingerprint density at radius 3 is 2.43 bits per heavy atom. The molecule has 0 amide bonds. The molecule has 1 aliphatic rings. The van der Waals surface area contributed by atoms with Crippen LogP contribution >= 0.6 is 15.9 Å². The highest BCUT2D eigenvalue weighted by Gasteiger charge is 2.26. The Kier molecular flexibility index (Phi) is 3.70. The number of nitro benzene ring substituents is 1. The molecule has 0 saturated heterocycles. The summed E-state index contributed by atoms with van der Waals surface area (Å²) in [5.74, 6) is 0.0413. The SMILES string of the molecule is O=[N+]([O-])c1ccc(C2=NOCC2c2ccc(Br)cc2)cc1. The molecular weight excluding hydrogens is 336 g/mol. The van der Waals surface area contributed by atoms with Crippen LogP contribution in [0.15, 0.2) is 58.2 Å². The van der Waals surface area contributed by atoms with E-state index < -0.39 is 4.92 Å². The smallest absolute Gasteiger partial charge is 0.269 e. The van der Waals surface area contributed by atoms with Gasteiger partial charge >= 0.3 is 0 Å². The Hall–Kier alpha value is -2.21. The minimum absolute atomic E-state index is 0.0413. The summed E-state index contributed by atoms with van der Waals surface area (Å²) < 4.78 is 1.01. The number of non-ortho nitro benzene ring substituents is 1. The zero-order valence-corrected chi connectivity index (χ0v) is 12.5. The Labute approximate surface area is 129 Å². The zero-order valence-electron chi connectivity index (χ0n) is 10.9. The highest BCUT2D eigenvalue weighted by molar-refractivity contribution is 9.10. The summed E-state index contributed by atoms with van der Waals surface area (Å²) in [5, 5.41) is 14.8. The van der Waals surface area contributed by atoms with Crippen molar-refractivity contribution in [3.63, 3.8) is 0 Å². The largest absolute Gasteiger partial charge is 0.394 e. The van der Waals surface area contributed by atoms with Crippen LogP contribution < -0.4 is 0 Å². The summed E-state index contributed by atoms with van der Waals surface area (Å²) in [5.41, 5.74) is 2.81. The van der Waals surface area contributed by atoms with E-state index in [4.69, 9.17) is 4.84 Å². The van der Waals surface area contributed by atoms with Crippen molar-refractivity contribution < 1.29 is 9.76 Å². The fourth-order valence-electron chi connectivity index (χ4n) is 2.28. The molecule has 0 fully saturated rings. The molecule has 1 aliphatic heterocycles. The maximum atomic E-state index is 10.7. The predicted octanol–water partition coefficient (Wildman–Crippen LogP) is 3.88. The van der Waals surface area contributed by atoms with Crippen LogP contribution in [0.4, 0.5) is 5.69 Å². The van der Waals surface area contributed by atoms with Crippen molar-refractivity contribution in [1.82, 2.24) is 0 Å². The molecule has 6 heteroatoms. The summed E-state index contributed by atoms with van der Waals surface area (Å²) in [6, 6.07) is 14.4. The Morgan fingerprint density at radius 1 is 1.14 bits per heavy atom. The topological polar surface area (TPSA) is 64.7 Å². The van der Waals surface area contributed by atoms with Gasteiger partial charge in [0.2, 0.25) is 0 Å². The minimum atomic E-state index is -0.414. The number of hydrogen-bond donors (Lipinski definition) is 0. The number of nitrogens with zero attached hydrogens (tertiary/aromatic N) is 2. The summed E-state index contributed by atoms with van der Waals surface area (Å²) in [6.07, 6.45) is 0. The molecular formula is C15H11BrN2O3. The maximum Gasteiger partial charge on any atom is 0.269 e. The number of nitro groups is 1. The van der Waals surface area contributed by atoms with E-state index in [1.165, 1.54) is 12.1 Å². The van der Waals surface area contributed by atoms with Gasteiger partial charge in [0.1, 0.15) is 6.61 Å². The summed E-state index contributed by atoms with van der Waals surface area (Å²) in [4.78, 5) is 15.5. The molecule has 5 nitrogen and oxygen atoms in total. The van der Waals surface area contributed by atoms with Crippen molar-refractivity contribution in [3.05, 3.63) is 74.2 Å². The van der Waals surface area contributed by atoms with E-state index in [1.807, 2.05) is 24.3 Å². The molecule has 21 heavy (non-hydrogen) atoms. The van der Waals surface area contributed by atoms with Gasteiger partial charge in [-0.1, -0.05) is 33.2 Å². The van der Waals surface area contributed by atoms with Crippen molar-refractivity contribution >= 4 is 27.3 Å². The second-order valence-corrected chi connectivity index (χ2v) is 5.60. The van der Waals surface area contributed by atoms with E-state index in [2.05, 4.69) is 21.1 Å². The number of rotatable bonds is 3. The van der Waals surface area contributed by atoms with E-state index in [9.17, 15) is 10.1 Å². The third kappa shape index (κ3) is 2.80. The molecule has 0 aromatic heterocycles. The highest BCUT2D eigenvalue weighted by Crippen LogP contribution is 2.28. The monoisotopic (exact) mass is 346 g/mol. The fraction of sp³-hybridized carbons (Fsp3) is 0.133. The van der Waals surface area contributed by atoms with Crippen LogP contribution in [0.1, 0.15) is 17.0 Å². The average molecular weight is 347 g/mol. The number of hydrogen-bond acceptors (Lipinski definition) is 4. The van der Waals surface area contributed by atoms with Gasteiger partial charge in [-0.05, 0) is 29.8 Å². The van der Waals surface area contributed by atoms with Gasteiger partial charge in [0.25, 0.3) is 5.69 Å². The standard InChI is InChI=1S/C15H11BrN2O3/c16-12-5-1-10(2-6-12)14-9-21-17-15(14)11-3-7-13(8-4-11)18(19)20/h1-8,14H,9H2. The first kappa shape index (κ1) is 13.8. The fourth-order valence-corrected chi connectivity index (χ4v) is 2.55. The molecule has 1 heterocycles. The Morgan fingerprint density at radius 2 is 1.81 bits per heavy atom. The maximum absolute atomic E-state index is 10.7. The van der Waals surface area contributed by atoms with Crippen molar-refractivity contribution in [2.75, 3.05) is 6.61 Å². The second-order valence-electron chi connectivity index (χ2n) is 4.68. The second kappa shape index (κ2) is 5.65. The van der Waals surface area contributed by atoms with Gasteiger partial charge in [-0.25, -0.2) is 0 Å². The first-order valence-electron chi connectivity index (χ1n) is 6.35. The minimum Gasteiger partial charge on any atom is -0.394 e. The van der Waals surface area contributed by atoms with Crippen LogP contribution in [0.2, 0.25) is 0 Å². The molecule has 2 aromatic rings. The van der Waals surface area contributed by atoms with E-state index >= 15 is 0 Å². The van der Waals surface area contributed by atoms with Crippen LogP contribution in [0.5, 0.6) is 0 Å². The zero-order chi connectivity index (χ0) is 14.8. The van der Waals surface area contributed by atoms with Gasteiger partial charge < -0.3 is 4.84 Å². The van der Waals surface area contributed by atoms with Crippen molar-refractivity contribution in [1.29, 1.82) is 0 Å². The molecule has 1 unspecified atom stereocenters. The molecule has 0 aliphatic carbocycles. The first-order chi connectivity index (χ1) is 10.1. The molecule has 0 N–H and O–H groups in total. The third-order valence-electron chi connectivity index (χ3n) is 3.38. The molecule has 0 bridgehead atoms. The van der Waals surface area contributed by atoms with E-state index in [1.54, 1.807) is 12.1 Å². The van der Waals surface area contributed by atoms with Crippen LogP contribution in [0.25, 0.3) is 0 Å². The van der Waals surface area contributed by atoms with Crippen LogP contribution in [-0.4, -0.2) is 17.2 Å². The molecule has 1 atom stereocenters. The van der Waals surface area contributed by atoms with Gasteiger partial charge in [0.05, 0.1) is 16.6 Å². The summed E-state index contributed by atoms with van der Waals surface area (Å²) >= 11 is 3.41. The number of halogens is 1. The molecule has 0 saturated carbocycles. The predicted molar refractivity (Wildman–Crippen MR) is 82.5 cm³/mol. The normalized spacial score (nSPS) is 17.2. The lowest BCUT2D eigenvalue weighted by Crippen LogP contribution is -2.12. The number of benzene rings is 2. The van der Waals surface area contributed by atoms with Gasteiger partial charge in [-0.3, -0.25) is 10.1 Å². The lowest BCUT2D eigenvalue weighted by atomic mass is 9.91. The van der Waals surface area contributed by atoms with Gasteiger partial charge in [0.15, 0.2) is 0 Å². The molecule has 2 aromatic carbocycles. The van der Waals surface area contributed by atoms with Crippen LogP contribution in [-0.2, 0) is 4.84 Å². The van der Waals surface area contributed by atoms with Gasteiger partial charge in [0, 0.05) is 22.2 Å². The van der Waals surface area contributed by atoms with Crippen LogP contribution in [0.3, 0.4) is 0 Å². The summed E-state index contributed by atoms with van der Waals surface area (Å²) in [6.45, 7) is 0.480. The van der Waals surface area contributed by atoms with E-state index in [-0.39, 0.29) is 11.6 Å². The van der Waals surface area contributed by atoms with Crippen molar-refractivity contribution in [3.8, 4) is 0 Å². The Balaban J connectivity index is 1.90. The van der Waals surface area contributed by atoms with Gasteiger partial charge in [-0.2, -0.15) is 0 Å². The lowest BCUT2D eigenvalue weighted by molar-refractivity contribution is -0.384. The Bertz CT molecular complexity index is 696. The van der Waals surface area contributed by atoms with Gasteiger partial charge in [-0.15, -0.1) is 0 Å². The lowest BCUT2D eigenvalue weighted by Gasteiger charge is -2.11. The molecule has 3 rings (SSSR count). The first-order valence-corrected chi connectivity index (χ1v) is 7.14. The average Bonchev–Trinajstić information content (AvgIpc) is 2.97. The number of oxime groups is 1. The highest BCUT2D eigenvalue weighted by atomic mass is 79.9. The van der Waals surface area contributed by atoms with Crippen LogP contribution in [0, 0.1) is 10.1 Å². The quantitative estimate of drug-likeness (QED) is 0.625.